The molecule has 0 radical (unpaired) electrons. The Morgan fingerprint density at radius 1 is 1.15 bits per heavy atom. The first-order valence-electron chi connectivity index (χ1n) is 11.0. The first kappa shape index (κ1) is 20.4. The number of aromatic nitrogens is 5. The summed E-state index contributed by atoms with van der Waals surface area (Å²) in [6.07, 6.45) is 4.00. The van der Waals surface area contributed by atoms with E-state index >= 15 is 0 Å². The van der Waals surface area contributed by atoms with Crippen molar-refractivity contribution in [3.8, 4) is 0 Å². The highest BCUT2D eigenvalue weighted by molar-refractivity contribution is 6.30. The number of hydrogen-bond donors (Lipinski definition) is 0. The molecule has 4 heterocycles. The van der Waals surface area contributed by atoms with Crippen LogP contribution in [0, 0.1) is 13.8 Å². The Hall–Kier alpha value is -3.23. The monoisotopic (exact) mass is 462 g/mol. The molecule has 1 atom stereocenters. The number of aryl methyl sites for hydroxylation is 2. The quantitative estimate of drug-likeness (QED) is 0.438. The lowest BCUT2D eigenvalue weighted by atomic mass is 9.98. The summed E-state index contributed by atoms with van der Waals surface area (Å²) in [6.45, 7) is 4.23. The molecule has 1 saturated carbocycles. The lowest BCUT2D eigenvalue weighted by Crippen LogP contribution is -2.30. The number of carbonyl (C=O) groups is 1. The van der Waals surface area contributed by atoms with Gasteiger partial charge in [-0.25, -0.2) is 0 Å². The van der Waals surface area contributed by atoms with Gasteiger partial charge >= 0.3 is 0 Å². The van der Waals surface area contributed by atoms with Gasteiger partial charge in [-0.05, 0) is 56.0 Å². The van der Waals surface area contributed by atoms with Crippen molar-refractivity contribution in [2.24, 2.45) is 0 Å². The number of anilines is 1. The standard InChI is InChI=1S/C24H23ClN6O2/c1-13-10-18(11-29-14(2)26-27-23(13)29)30-21(15-4-6-16(25)7-5-15)20-19(12-33-3)28-31(17-8-9-17)22(20)24(30)32/h4-7,10-11,17,21H,8-9,12H2,1-3H3/t21-/m0/s1. The highest BCUT2D eigenvalue weighted by Gasteiger charge is 2.46. The van der Waals surface area contributed by atoms with Crippen molar-refractivity contribution in [2.45, 2.75) is 45.4 Å². The Morgan fingerprint density at radius 2 is 1.91 bits per heavy atom. The molecular formula is C24H23ClN6O2. The van der Waals surface area contributed by atoms with Crippen LogP contribution in [0.5, 0.6) is 0 Å². The Kier molecular flexibility index (Phi) is 4.57. The third-order valence-corrected chi connectivity index (χ3v) is 6.71. The molecule has 168 valence electrons. The van der Waals surface area contributed by atoms with Crippen molar-refractivity contribution in [3.05, 3.63) is 75.5 Å². The molecule has 0 saturated heterocycles. The zero-order valence-corrected chi connectivity index (χ0v) is 19.4. The molecule has 1 amide bonds. The third-order valence-electron chi connectivity index (χ3n) is 6.46. The third kappa shape index (κ3) is 3.08. The smallest absolute Gasteiger partial charge is 0.277 e. The maximum absolute atomic E-state index is 14.0. The van der Waals surface area contributed by atoms with Crippen molar-refractivity contribution >= 4 is 28.8 Å². The summed E-state index contributed by atoms with van der Waals surface area (Å²) >= 11 is 6.19. The van der Waals surface area contributed by atoms with Crippen LogP contribution in [0.4, 0.5) is 5.69 Å². The van der Waals surface area contributed by atoms with Crippen molar-refractivity contribution in [2.75, 3.05) is 12.0 Å². The summed E-state index contributed by atoms with van der Waals surface area (Å²) in [6, 6.07) is 9.60. The number of amides is 1. The normalized spacial score (nSPS) is 17.9. The van der Waals surface area contributed by atoms with E-state index in [1.807, 2.05) is 64.4 Å². The molecule has 0 N–H and O–H groups in total. The lowest BCUT2D eigenvalue weighted by Gasteiger charge is -2.27. The van der Waals surface area contributed by atoms with E-state index in [2.05, 4.69) is 10.2 Å². The summed E-state index contributed by atoms with van der Waals surface area (Å²) in [5.41, 5.74) is 5.86. The molecule has 0 spiro atoms. The first-order valence-corrected chi connectivity index (χ1v) is 11.4. The number of halogens is 1. The molecule has 9 heteroatoms. The molecule has 3 aromatic heterocycles. The Morgan fingerprint density at radius 3 is 2.61 bits per heavy atom. The number of methoxy groups -OCH3 is 1. The number of hydrogen-bond acceptors (Lipinski definition) is 5. The van der Waals surface area contributed by atoms with E-state index in [9.17, 15) is 4.79 Å². The lowest BCUT2D eigenvalue weighted by molar-refractivity contribution is 0.0983. The Balaban J connectivity index is 1.60. The maximum Gasteiger partial charge on any atom is 0.277 e. The van der Waals surface area contributed by atoms with E-state index in [1.54, 1.807) is 7.11 Å². The summed E-state index contributed by atoms with van der Waals surface area (Å²) in [4.78, 5) is 15.9. The average molecular weight is 463 g/mol. The molecule has 4 aromatic rings. The second-order valence-corrected chi connectivity index (χ2v) is 9.21. The van der Waals surface area contributed by atoms with Crippen molar-refractivity contribution in [1.82, 2.24) is 24.4 Å². The van der Waals surface area contributed by atoms with Gasteiger partial charge in [-0.3, -0.25) is 18.8 Å². The summed E-state index contributed by atoms with van der Waals surface area (Å²) in [7, 11) is 1.65. The zero-order valence-electron chi connectivity index (χ0n) is 18.6. The van der Waals surface area contributed by atoms with E-state index in [0.717, 1.165) is 52.4 Å². The van der Waals surface area contributed by atoms with Gasteiger partial charge in [0.05, 0.1) is 30.1 Å². The van der Waals surface area contributed by atoms with Gasteiger partial charge in [0.15, 0.2) is 5.65 Å². The van der Waals surface area contributed by atoms with Gasteiger partial charge in [-0.2, -0.15) is 5.10 Å². The van der Waals surface area contributed by atoms with Gasteiger partial charge in [0.1, 0.15) is 11.5 Å². The molecule has 1 aliphatic carbocycles. The van der Waals surface area contributed by atoms with Crippen LogP contribution in [0.2, 0.25) is 5.02 Å². The fourth-order valence-electron chi connectivity index (χ4n) is 4.79. The van der Waals surface area contributed by atoms with E-state index < -0.39 is 0 Å². The highest BCUT2D eigenvalue weighted by atomic mass is 35.5. The van der Waals surface area contributed by atoms with Gasteiger partial charge in [-0.1, -0.05) is 23.7 Å². The summed E-state index contributed by atoms with van der Waals surface area (Å²) in [5.74, 6) is 0.711. The molecule has 2 aliphatic rings. The number of benzene rings is 1. The van der Waals surface area contributed by atoms with Crippen molar-refractivity contribution in [3.63, 3.8) is 0 Å². The minimum Gasteiger partial charge on any atom is -0.378 e. The molecule has 33 heavy (non-hydrogen) atoms. The molecule has 8 nitrogen and oxygen atoms in total. The Labute approximate surface area is 195 Å². The molecule has 0 unspecified atom stereocenters. The topological polar surface area (TPSA) is 77.6 Å². The van der Waals surface area contributed by atoms with Gasteiger partial charge in [0.25, 0.3) is 5.91 Å². The van der Waals surface area contributed by atoms with Crippen LogP contribution in [0.3, 0.4) is 0 Å². The molecule has 6 rings (SSSR count). The molecule has 0 bridgehead atoms. The predicted molar refractivity (Wildman–Crippen MR) is 124 cm³/mol. The van der Waals surface area contributed by atoms with Crippen molar-refractivity contribution in [1.29, 1.82) is 0 Å². The minimum atomic E-state index is -0.337. The highest BCUT2D eigenvalue weighted by Crippen LogP contribution is 2.47. The molecule has 1 aliphatic heterocycles. The number of nitrogens with zero attached hydrogens (tertiary/aromatic N) is 6. The van der Waals surface area contributed by atoms with Gasteiger partial charge < -0.3 is 4.74 Å². The zero-order chi connectivity index (χ0) is 22.9. The van der Waals surface area contributed by atoms with Gasteiger partial charge in [-0.15, -0.1) is 10.2 Å². The van der Waals surface area contributed by atoms with E-state index in [1.165, 1.54) is 0 Å². The number of pyridine rings is 1. The average Bonchev–Trinajstić information content (AvgIpc) is 3.38. The predicted octanol–water partition coefficient (Wildman–Crippen LogP) is 4.43. The van der Waals surface area contributed by atoms with Crippen LogP contribution in [0.1, 0.15) is 63.6 Å². The number of carbonyl (C=O) groups excluding carboxylic acids is 1. The summed E-state index contributed by atoms with van der Waals surface area (Å²) < 4.78 is 9.34. The SMILES string of the molecule is COCc1nn(C2CC2)c2c1[C@H](c1ccc(Cl)cc1)N(c1cc(C)c3nnc(C)n3c1)C2=O. The fraction of sp³-hybridized carbons (Fsp3) is 0.333. The largest absolute Gasteiger partial charge is 0.378 e. The van der Waals surface area contributed by atoms with E-state index in [4.69, 9.17) is 21.4 Å². The van der Waals surface area contributed by atoms with E-state index in [-0.39, 0.29) is 18.0 Å². The minimum absolute atomic E-state index is 0.0591. The van der Waals surface area contributed by atoms with Crippen LogP contribution in [0.15, 0.2) is 36.5 Å². The van der Waals surface area contributed by atoms with Gasteiger partial charge in [0, 0.05) is 23.9 Å². The first-order chi connectivity index (χ1) is 16.0. The van der Waals surface area contributed by atoms with Crippen LogP contribution in [-0.2, 0) is 11.3 Å². The molecular weight excluding hydrogens is 440 g/mol. The maximum atomic E-state index is 14.0. The number of fused-ring (bicyclic) bond motifs is 2. The Bertz CT molecular complexity index is 1400. The summed E-state index contributed by atoms with van der Waals surface area (Å²) in [5, 5.41) is 13.9. The van der Waals surface area contributed by atoms with Crippen LogP contribution < -0.4 is 4.90 Å². The van der Waals surface area contributed by atoms with Crippen LogP contribution in [0.25, 0.3) is 5.65 Å². The van der Waals surface area contributed by atoms with Crippen LogP contribution in [-0.4, -0.2) is 37.4 Å². The second-order valence-electron chi connectivity index (χ2n) is 8.77. The van der Waals surface area contributed by atoms with Gasteiger partial charge in [0.2, 0.25) is 0 Å². The van der Waals surface area contributed by atoms with Crippen LogP contribution >= 0.6 is 11.6 Å². The second kappa shape index (κ2) is 7.40. The van der Waals surface area contributed by atoms with E-state index in [0.29, 0.717) is 17.3 Å². The fourth-order valence-corrected chi connectivity index (χ4v) is 4.92. The number of ether oxygens (including phenoxy) is 1. The molecule has 1 fully saturated rings. The molecule has 1 aromatic carbocycles. The number of rotatable bonds is 5. The van der Waals surface area contributed by atoms with Crippen molar-refractivity contribution < 1.29 is 9.53 Å².